The summed E-state index contributed by atoms with van der Waals surface area (Å²) in [4.78, 5) is 23.2. The average molecular weight is 231 g/mol. The molecule has 1 amide bonds. The lowest BCUT2D eigenvalue weighted by Gasteiger charge is -2.40. The monoisotopic (exact) mass is 231 g/mol. The molecular weight excluding hydrogens is 214 g/mol. The summed E-state index contributed by atoms with van der Waals surface area (Å²) in [5.41, 5.74) is 1.53. The van der Waals surface area contributed by atoms with Crippen molar-refractivity contribution < 1.29 is 9.59 Å². The van der Waals surface area contributed by atoms with Gasteiger partial charge < -0.3 is 5.32 Å². The highest BCUT2D eigenvalue weighted by Crippen LogP contribution is 2.34. The van der Waals surface area contributed by atoms with Crippen molar-refractivity contribution >= 4 is 11.7 Å². The minimum atomic E-state index is -0.212. The number of hydrogen-bond acceptors (Lipinski definition) is 2. The molecule has 0 bridgehead atoms. The Hall–Kier alpha value is -1.64. The average Bonchev–Trinajstić information content (AvgIpc) is 2.26. The van der Waals surface area contributed by atoms with Crippen LogP contribution in [0.1, 0.15) is 43.1 Å². The molecule has 3 nitrogen and oxygen atoms in total. The third-order valence-electron chi connectivity index (χ3n) is 3.53. The summed E-state index contributed by atoms with van der Waals surface area (Å²) in [5.74, 6) is 0.0222. The van der Waals surface area contributed by atoms with Gasteiger partial charge in [0.05, 0.1) is 0 Å². The van der Waals surface area contributed by atoms with Gasteiger partial charge in [-0.3, -0.25) is 9.59 Å². The van der Waals surface area contributed by atoms with Gasteiger partial charge in [-0.1, -0.05) is 32.0 Å². The van der Waals surface area contributed by atoms with Crippen LogP contribution in [0.15, 0.2) is 24.3 Å². The molecule has 1 aromatic rings. The third-order valence-corrected chi connectivity index (χ3v) is 3.53. The van der Waals surface area contributed by atoms with Gasteiger partial charge in [0, 0.05) is 23.4 Å². The highest BCUT2D eigenvalue weighted by Gasteiger charge is 2.39. The molecule has 1 aliphatic heterocycles. The Morgan fingerprint density at radius 1 is 1.35 bits per heavy atom. The molecule has 1 N–H and O–H groups in total. The van der Waals surface area contributed by atoms with Gasteiger partial charge in [0.1, 0.15) is 5.78 Å². The molecule has 1 aliphatic rings. The van der Waals surface area contributed by atoms with Gasteiger partial charge in [0.25, 0.3) is 5.91 Å². The quantitative estimate of drug-likeness (QED) is 0.846. The lowest BCUT2D eigenvalue weighted by atomic mass is 9.71. The van der Waals surface area contributed by atoms with E-state index in [-0.39, 0.29) is 23.1 Å². The highest BCUT2D eigenvalue weighted by atomic mass is 16.2. The maximum Gasteiger partial charge on any atom is 0.251 e. The summed E-state index contributed by atoms with van der Waals surface area (Å²) in [6, 6.07) is 7.48. The fourth-order valence-electron chi connectivity index (χ4n) is 2.44. The number of rotatable bonds is 2. The molecule has 1 atom stereocenters. The van der Waals surface area contributed by atoms with Gasteiger partial charge in [-0.25, -0.2) is 0 Å². The van der Waals surface area contributed by atoms with Crippen LogP contribution in [-0.2, 0) is 10.2 Å². The Morgan fingerprint density at radius 2 is 2.00 bits per heavy atom. The number of ketones is 1. The van der Waals surface area contributed by atoms with E-state index in [9.17, 15) is 9.59 Å². The zero-order valence-electron chi connectivity index (χ0n) is 10.4. The fraction of sp³-hybridized carbons (Fsp3) is 0.429. The van der Waals surface area contributed by atoms with Gasteiger partial charge in [-0.05, 0) is 18.6 Å². The standard InChI is InChI=1S/C14H17NO2/c1-9(16)8-12-14(2,3)11-7-5-4-6-10(11)13(17)15-12/h4-7,12H,8H2,1-3H3,(H,15,17). The van der Waals surface area contributed by atoms with Crippen molar-refractivity contribution in [2.24, 2.45) is 0 Å². The zero-order valence-corrected chi connectivity index (χ0v) is 10.4. The van der Waals surface area contributed by atoms with Crippen LogP contribution >= 0.6 is 0 Å². The molecule has 0 saturated heterocycles. The van der Waals surface area contributed by atoms with Crippen LogP contribution < -0.4 is 5.32 Å². The van der Waals surface area contributed by atoms with Crippen LogP contribution in [0.3, 0.4) is 0 Å². The van der Waals surface area contributed by atoms with E-state index in [1.54, 1.807) is 6.92 Å². The first-order valence-corrected chi connectivity index (χ1v) is 5.82. The Labute approximate surface area is 101 Å². The molecule has 3 heteroatoms. The number of benzene rings is 1. The van der Waals surface area contributed by atoms with Gasteiger partial charge in [-0.15, -0.1) is 0 Å². The van der Waals surface area contributed by atoms with E-state index in [0.29, 0.717) is 6.42 Å². The Morgan fingerprint density at radius 3 is 2.65 bits per heavy atom. The molecule has 0 aliphatic carbocycles. The lowest BCUT2D eigenvalue weighted by Crippen LogP contribution is -2.53. The second kappa shape index (κ2) is 3.99. The zero-order chi connectivity index (χ0) is 12.6. The first kappa shape index (κ1) is 11.8. The van der Waals surface area contributed by atoms with E-state index in [4.69, 9.17) is 0 Å². The fourth-order valence-corrected chi connectivity index (χ4v) is 2.44. The summed E-state index contributed by atoms with van der Waals surface area (Å²) in [6.45, 7) is 5.69. The third kappa shape index (κ3) is 1.97. The van der Waals surface area contributed by atoms with Crippen molar-refractivity contribution in [3.8, 4) is 0 Å². The molecule has 1 heterocycles. The molecule has 17 heavy (non-hydrogen) atoms. The molecule has 0 aromatic heterocycles. The van der Waals surface area contributed by atoms with Gasteiger partial charge in [-0.2, -0.15) is 0 Å². The summed E-state index contributed by atoms with van der Waals surface area (Å²) in [6.07, 6.45) is 0.382. The van der Waals surface area contributed by atoms with Crippen LogP contribution in [0.2, 0.25) is 0 Å². The summed E-state index contributed by atoms with van der Waals surface area (Å²) < 4.78 is 0. The van der Waals surface area contributed by atoms with Crippen molar-refractivity contribution in [3.05, 3.63) is 35.4 Å². The molecule has 1 aromatic carbocycles. The first-order chi connectivity index (χ1) is 7.93. The predicted octanol–water partition coefficient (Wildman–Crippen LogP) is 2.06. The SMILES string of the molecule is CC(=O)CC1NC(=O)c2ccccc2C1(C)C. The van der Waals surface area contributed by atoms with Crippen molar-refractivity contribution in [3.63, 3.8) is 0 Å². The van der Waals surface area contributed by atoms with Crippen molar-refractivity contribution in [2.45, 2.75) is 38.6 Å². The van der Waals surface area contributed by atoms with Crippen LogP contribution in [0, 0.1) is 0 Å². The van der Waals surface area contributed by atoms with E-state index in [2.05, 4.69) is 19.2 Å². The lowest BCUT2D eigenvalue weighted by molar-refractivity contribution is -0.117. The Balaban J connectivity index is 2.46. The summed E-state index contributed by atoms with van der Waals surface area (Å²) in [5, 5.41) is 2.93. The largest absolute Gasteiger partial charge is 0.348 e. The Kier molecular flexibility index (Phi) is 2.77. The normalized spacial score (nSPS) is 21.6. The van der Waals surface area contributed by atoms with Crippen LogP contribution in [0.25, 0.3) is 0 Å². The highest BCUT2D eigenvalue weighted by molar-refractivity contribution is 5.98. The number of carbonyl (C=O) groups excluding carboxylic acids is 2. The minimum Gasteiger partial charge on any atom is -0.348 e. The van der Waals surface area contributed by atoms with E-state index in [1.165, 1.54) is 0 Å². The number of fused-ring (bicyclic) bond motifs is 1. The van der Waals surface area contributed by atoms with E-state index in [1.807, 2.05) is 24.3 Å². The molecule has 0 saturated carbocycles. The van der Waals surface area contributed by atoms with Crippen LogP contribution in [0.4, 0.5) is 0 Å². The van der Waals surface area contributed by atoms with E-state index < -0.39 is 0 Å². The van der Waals surface area contributed by atoms with E-state index >= 15 is 0 Å². The molecule has 0 fully saturated rings. The van der Waals surface area contributed by atoms with Crippen LogP contribution in [0.5, 0.6) is 0 Å². The summed E-state index contributed by atoms with van der Waals surface area (Å²) in [7, 11) is 0. The minimum absolute atomic E-state index is 0.0776. The molecule has 2 rings (SSSR count). The van der Waals surface area contributed by atoms with Crippen LogP contribution in [-0.4, -0.2) is 17.7 Å². The molecule has 90 valence electrons. The maximum atomic E-state index is 11.9. The van der Waals surface area contributed by atoms with Crippen molar-refractivity contribution in [1.29, 1.82) is 0 Å². The van der Waals surface area contributed by atoms with Crippen molar-refractivity contribution in [1.82, 2.24) is 5.32 Å². The van der Waals surface area contributed by atoms with Gasteiger partial charge >= 0.3 is 0 Å². The maximum absolute atomic E-state index is 11.9. The number of hydrogen-bond donors (Lipinski definition) is 1. The molecule has 1 unspecified atom stereocenters. The van der Waals surface area contributed by atoms with Gasteiger partial charge in [0.15, 0.2) is 0 Å². The number of amides is 1. The smallest absolute Gasteiger partial charge is 0.251 e. The predicted molar refractivity (Wildman–Crippen MR) is 66.0 cm³/mol. The second-order valence-corrected chi connectivity index (χ2v) is 5.20. The second-order valence-electron chi connectivity index (χ2n) is 5.20. The molecule has 0 spiro atoms. The summed E-state index contributed by atoms with van der Waals surface area (Å²) >= 11 is 0. The van der Waals surface area contributed by atoms with E-state index in [0.717, 1.165) is 11.1 Å². The molecule has 0 radical (unpaired) electrons. The van der Waals surface area contributed by atoms with Gasteiger partial charge in [0.2, 0.25) is 0 Å². The Bertz CT molecular complexity index is 477. The number of carbonyl (C=O) groups is 2. The topological polar surface area (TPSA) is 46.2 Å². The number of nitrogens with one attached hydrogen (secondary N) is 1. The van der Waals surface area contributed by atoms with Crippen molar-refractivity contribution in [2.75, 3.05) is 0 Å². The first-order valence-electron chi connectivity index (χ1n) is 5.82. The molecular formula is C14H17NO2. The number of Topliss-reactive ketones (excluding diaryl/α,β-unsaturated/α-hetero) is 1.